The minimum atomic E-state index is -1.06. The van der Waals surface area contributed by atoms with E-state index in [1.807, 2.05) is 0 Å². The number of aliphatic carboxylic acids is 1. The van der Waals surface area contributed by atoms with Crippen LogP contribution in [0.2, 0.25) is 0 Å². The maximum absolute atomic E-state index is 10.8. The fourth-order valence-corrected chi connectivity index (χ4v) is 1.54. The first-order valence-electron chi connectivity index (χ1n) is 5.10. The number of methoxy groups -OCH3 is 2. The molecule has 0 bridgehead atoms. The number of azide groups is 1. The number of ether oxygens (including phenoxy) is 2. The van der Waals surface area contributed by atoms with Crippen molar-refractivity contribution in [2.75, 3.05) is 14.2 Å². The van der Waals surface area contributed by atoms with Crippen molar-refractivity contribution in [3.8, 4) is 11.5 Å². The van der Waals surface area contributed by atoms with E-state index in [0.717, 1.165) is 0 Å². The SMILES string of the molecule is COc1ccc(OC)c(C(CC(=O)O)N=[N+]=[N-])c1. The fourth-order valence-electron chi connectivity index (χ4n) is 1.54. The van der Waals surface area contributed by atoms with E-state index in [-0.39, 0.29) is 6.42 Å². The number of hydrogen-bond acceptors (Lipinski definition) is 4. The lowest BCUT2D eigenvalue weighted by atomic mass is 10.0. The zero-order chi connectivity index (χ0) is 13.5. The Bertz CT molecular complexity index is 483. The molecule has 1 atom stereocenters. The summed E-state index contributed by atoms with van der Waals surface area (Å²) in [7, 11) is 2.95. The van der Waals surface area contributed by atoms with E-state index in [4.69, 9.17) is 20.1 Å². The summed E-state index contributed by atoms with van der Waals surface area (Å²) in [5.41, 5.74) is 8.98. The number of hydrogen-bond donors (Lipinski definition) is 1. The molecule has 0 aliphatic rings. The predicted octanol–water partition coefficient (Wildman–Crippen LogP) is 2.53. The summed E-state index contributed by atoms with van der Waals surface area (Å²) in [6.07, 6.45) is -0.312. The van der Waals surface area contributed by atoms with E-state index in [2.05, 4.69) is 10.0 Å². The molecule has 1 rings (SSSR count). The molecule has 96 valence electrons. The van der Waals surface area contributed by atoms with Crippen LogP contribution in [0.5, 0.6) is 11.5 Å². The molecule has 0 saturated carbocycles. The van der Waals surface area contributed by atoms with Gasteiger partial charge in [-0.25, -0.2) is 0 Å². The molecule has 18 heavy (non-hydrogen) atoms. The van der Waals surface area contributed by atoms with E-state index in [1.54, 1.807) is 18.2 Å². The van der Waals surface area contributed by atoms with Crippen LogP contribution >= 0.6 is 0 Å². The van der Waals surface area contributed by atoms with Gasteiger partial charge in [0.05, 0.1) is 26.7 Å². The lowest BCUT2D eigenvalue weighted by Gasteiger charge is -2.14. The Labute approximate surface area is 104 Å². The summed E-state index contributed by atoms with van der Waals surface area (Å²) in [6, 6.07) is 4.07. The first-order valence-corrected chi connectivity index (χ1v) is 5.10. The van der Waals surface area contributed by atoms with Gasteiger partial charge in [0.15, 0.2) is 0 Å². The minimum Gasteiger partial charge on any atom is -0.497 e. The van der Waals surface area contributed by atoms with E-state index >= 15 is 0 Å². The second-order valence-electron chi connectivity index (χ2n) is 3.43. The number of nitrogens with zero attached hydrogens (tertiary/aromatic N) is 3. The average Bonchev–Trinajstić information content (AvgIpc) is 2.37. The molecule has 0 fully saturated rings. The lowest BCUT2D eigenvalue weighted by Crippen LogP contribution is -2.05. The van der Waals surface area contributed by atoms with Crippen LogP contribution in [-0.4, -0.2) is 25.3 Å². The number of rotatable bonds is 6. The maximum atomic E-state index is 10.8. The smallest absolute Gasteiger partial charge is 0.304 e. The lowest BCUT2D eigenvalue weighted by molar-refractivity contribution is -0.137. The molecule has 0 aliphatic carbocycles. The topological polar surface area (TPSA) is 105 Å². The molecule has 1 aromatic carbocycles. The average molecular weight is 251 g/mol. The highest BCUT2D eigenvalue weighted by Crippen LogP contribution is 2.33. The van der Waals surface area contributed by atoms with Crippen LogP contribution < -0.4 is 9.47 Å². The van der Waals surface area contributed by atoms with Crippen molar-refractivity contribution >= 4 is 5.97 Å². The van der Waals surface area contributed by atoms with Crippen molar-refractivity contribution in [3.05, 3.63) is 34.2 Å². The van der Waals surface area contributed by atoms with Gasteiger partial charge in [-0.15, -0.1) is 0 Å². The van der Waals surface area contributed by atoms with Gasteiger partial charge in [-0.2, -0.15) is 0 Å². The first kappa shape index (κ1) is 13.7. The van der Waals surface area contributed by atoms with Gasteiger partial charge in [0.25, 0.3) is 0 Å². The van der Waals surface area contributed by atoms with E-state index in [9.17, 15) is 4.79 Å². The van der Waals surface area contributed by atoms with Crippen LogP contribution in [0.3, 0.4) is 0 Å². The normalized spacial score (nSPS) is 11.2. The second-order valence-corrected chi connectivity index (χ2v) is 3.43. The third kappa shape index (κ3) is 3.29. The first-order chi connectivity index (χ1) is 8.62. The van der Waals surface area contributed by atoms with Crippen molar-refractivity contribution in [1.29, 1.82) is 0 Å². The highest BCUT2D eigenvalue weighted by molar-refractivity contribution is 5.68. The summed E-state index contributed by atoms with van der Waals surface area (Å²) in [5, 5.41) is 12.3. The van der Waals surface area contributed by atoms with Crippen LogP contribution in [0.25, 0.3) is 10.4 Å². The molecule has 1 aromatic rings. The van der Waals surface area contributed by atoms with Crippen molar-refractivity contribution in [2.24, 2.45) is 5.11 Å². The van der Waals surface area contributed by atoms with E-state index in [0.29, 0.717) is 17.1 Å². The zero-order valence-electron chi connectivity index (χ0n) is 10.0. The number of carboxylic acids is 1. The summed E-state index contributed by atoms with van der Waals surface area (Å²) in [6.45, 7) is 0. The maximum Gasteiger partial charge on any atom is 0.304 e. The quantitative estimate of drug-likeness (QED) is 0.476. The van der Waals surface area contributed by atoms with Gasteiger partial charge in [0.1, 0.15) is 11.5 Å². The van der Waals surface area contributed by atoms with Gasteiger partial charge in [-0.1, -0.05) is 5.11 Å². The molecule has 7 nitrogen and oxygen atoms in total. The van der Waals surface area contributed by atoms with Gasteiger partial charge in [-0.05, 0) is 23.7 Å². The summed E-state index contributed by atoms with van der Waals surface area (Å²) in [4.78, 5) is 13.4. The molecule has 0 aliphatic heterocycles. The van der Waals surface area contributed by atoms with Crippen molar-refractivity contribution in [1.82, 2.24) is 0 Å². The summed E-state index contributed by atoms with van der Waals surface area (Å²) >= 11 is 0. The number of carbonyl (C=O) groups is 1. The van der Waals surface area contributed by atoms with Gasteiger partial charge >= 0.3 is 5.97 Å². The molecule has 0 heterocycles. The highest BCUT2D eigenvalue weighted by Gasteiger charge is 2.19. The second kappa shape index (κ2) is 6.36. The van der Waals surface area contributed by atoms with Crippen molar-refractivity contribution in [2.45, 2.75) is 12.5 Å². The third-order valence-corrected chi connectivity index (χ3v) is 2.35. The van der Waals surface area contributed by atoms with Crippen molar-refractivity contribution in [3.63, 3.8) is 0 Å². The van der Waals surface area contributed by atoms with Crippen LogP contribution in [0, 0.1) is 0 Å². The van der Waals surface area contributed by atoms with Crippen molar-refractivity contribution < 1.29 is 19.4 Å². The minimum absolute atomic E-state index is 0.312. The van der Waals surface area contributed by atoms with Gasteiger partial charge in [0.2, 0.25) is 0 Å². The van der Waals surface area contributed by atoms with Gasteiger partial charge in [-0.3, -0.25) is 4.79 Å². The Hall–Kier alpha value is -2.40. The van der Waals surface area contributed by atoms with Crippen LogP contribution in [0.1, 0.15) is 18.0 Å². The largest absolute Gasteiger partial charge is 0.497 e. The summed E-state index contributed by atoms with van der Waals surface area (Å²) < 4.78 is 10.2. The fraction of sp³-hybridized carbons (Fsp3) is 0.364. The molecule has 0 radical (unpaired) electrons. The summed E-state index contributed by atoms with van der Waals surface area (Å²) in [5.74, 6) is -0.0685. The standard InChI is InChI=1S/C11H13N3O4/c1-17-7-3-4-10(18-2)8(5-7)9(13-14-12)6-11(15)16/h3-5,9H,6H2,1-2H3,(H,15,16). The van der Waals surface area contributed by atoms with Crippen LogP contribution in [-0.2, 0) is 4.79 Å². The Morgan fingerprint density at radius 3 is 2.72 bits per heavy atom. The number of carboxylic acid groups (broad SMARTS) is 1. The molecule has 0 amide bonds. The monoisotopic (exact) mass is 251 g/mol. The van der Waals surface area contributed by atoms with E-state index in [1.165, 1.54) is 14.2 Å². The Kier molecular flexibility index (Phi) is 4.83. The Morgan fingerprint density at radius 1 is 1.50 bits per heavy atom. The molecule has 0 saturated heterocycles. The molecule has 7 heteroatoms. The third-order valence-electron chi connectivity index (χ3n) is 2.35. The van der Waals surface area contributed by atoms with Gasteiger partial charge in [0, 0.05) is 10.5 Å². The molecule has 1 unspecified atom stereocenters. The van der Waals surface area contributed by atoms with Crippen LogP contribution in [0.4, 0.5) is 0 Å². The van der Waals surface area contributed by atoms with Gasteiger partial charge < -0.3 is 14.6 Å². The highest BCUT2D eigenvalue weighted by atomic mass is 16.5. The predicted molar refractivity (Wildman–Crippen MR) is 63.7 cm³/mol. The molecule has 0 spiro atoms. The van der Waals surface area contributed by atoms with Crippen LogP contribution in [0.15, 0.2) is 23.3 Å². The Morgan fingerprint density at radius 2 is 2.22 bits per heavy atom. The molecular formula is C11H13N3O4. The number of benzene rings is 1. The Balaban J connectivity index is 3.23. The van der Waals surface area contributed by atoms with E-state index < -0.39 is 12.0 Å². The zero-order valence-corrected chi connectivity index (χ0v) is 10.0. The molecule has 0 aromatic heterocycles. The molecular weight excluding hydrogens is 238 g/mol. The molecule has 1 N–H and O–H groups in total.